The van der Waals surface area contributed by atoms with Crippen molar-refractivity contribution in [3.8, 4) is 0 Å². The van der Waals surface area contributed by atoms with Crippen LogP contribution in [0.4, 0.5) is 4.39 Å². The molecule has 0 amide bonds. The van der Waals surface area contributed by atoms with E-state index < -0.39 is 21.6 Å². The van der Waals surface area contributed by atoms with Crippen molar-refractivity contribution in [2.45, 2.75) is 24.2 Å². The number of sulfone groups is 1. The Bertz CT molecular complexity index is 542. The van der Waals surface area contributed by atoms with E-state index in [9.17, 15) is 17.6 Å². The van der Waals surface area contributed by atoms with E-state index in [0.717, 1.165) is 18.2 Å². The minimum Gasteiger partial charge on any atom is -0.481 e. The summed E-state index contributed by atoms with van der Waals surface area (Å²) >= 11 is 5.51. The lowest BCUT2D eigenvalue weighted by molar-refractivity contribution is -0.137. The maximum atomic E-state index is 12.9. The second-order valence-electron chi connectivity index (χ2n) is 3.75. The van der Waals surface area contributed by atoms with Crippen molar-refractivity contribution in [2.75, 3.05) is 5.75 Å². The highest BCUT2D eigenvalue weighted by Gasteiger charge is 2.15. The predicted molar refractivity (Wildman–Crippen MR) is 64.9 cm³/mol. The van der Waals surface area contributed by atoms with E-state index in [1.807, 2.05) is 0 Å². The molecule has 0 aliphatic heterocycles. The summed E-state index contributed by atoms with van der Waals surface area (Å²) in [5.41, 5.74) is 0. The summed E-state index contributed by atoms with van der Waals surface area (Å²) in [6, 6.07) is 3.20. The number of unbranched alkanes of at least 4 members (excludes halogenated alkanes) is 1. The highest BCUT2D eigenvalue weighted by molar-refractivity contribution is 7.91. The van der Waals surface area contributed by atoms with Crippen LogP contribution in [0.5, 0.6) is 0 Å². The van der Waals surface area contributed by atoms with Gasteiger partial charge in [0.05, 0.1) is 15.7 Å². The van der Waals surface area contributed by atoms with Gasteiger partial charge in [-0.2, -0.15) is 0 Å². The molecule has 4 nitrogen and oxygen atoms in total. The van der Waals surface area contributed by atoms with E-state index in [0.29, 0.717) is 0 Å². The van der Waals surface area contributed by atoms with E-state index in [-0.39, 0.29) is 34.9 Å². The molecule has 1 rings (SSSR count). The van der Waals surface area contributed by atoms with Gasteiger partial charge in [0.1, 0.15) is 5.82 Å². The van der Waals surface area contributed by atoms with Gasteiger partial charge >= 0.3 is 5.97 Å². The summed E-state index contributed by atoms with van der Waals surface area (Å²) in [5.74, 6) is -1.82. The van der Waals surface area contributed by atoms with Gasteiger partial charge in [0.25, 0.3) is 0 Å². The maximum Gasteiger partial charge on any atom is 0.303 e. The first-order valence-electron chi connectivity index (χ1n) is 5.22. The summed E-state index contributed by atoms with van der Waals surface area (Å²) < 4.78 is 36.5. The Morgan fingerprint density at radius 3 is 2.56 bits per heavy atom. The van der Waals surface area contributed by atoms with Crippen LogP contribution in [-0.2, 0) is 14.6 Å². The van der Waals surface area contributed by atoms with E-state index in [1.54, 1.807) is 0 Å². The van der Waals surface area contributed by atoms with E-state index in [4.69, 9.17) is 16.7 Å². The van der Waals surface area contributed by atoms with Gasteiger partial charge in [-0.15, -0.1) is 0 Å². The normalized spacial score (nSPS) is 11.4. The third-order valence-electron chi connectivity index (χ3n) is 2.30. The van der Waals surface area contributed by atoms with Crippen molar-refractivity contribution in [3.63, 3.8) is 0 Å². The molecule has 0 aliphatic rings. The molecule has 0 heterocycles. The molecule has 0 spiro atoms. The zero-order valence-corrected chi connectivity index (χ0v) is 11.0. The first-order valence-corrected chi connectivity index (χ1v) is 7.25. The number of benzene rings is 1. The molecule has 0 saturated heterocycles. The number of halogens is 2. The van der Waals surface area contributed by atoms with Crippen molar-refractivity contribution in [2.24, 2.45) is 0 Å². The zero-order chi connectivity index (χ0) is 13.8. The predicted octanol–water partition coefficient (Wildman–Crippen LogP) is 2.51. The lowest BCUT2D eigenvalue weighted by Crippen LogP contribution is -2.08. The minimum atomic E-state index is -3.54. The van der Waals surface area contributed by atoms with Gasteiger partial charge in [0, 0.05) is 6.42 Å². The second kappa shape index (κ2) is 6.15. The van der Waals surface area contributed by atoms with Gasteiger partial charge in [-0.3, -0.25) is 4.79 Å². The number of carbonyl (C=O) groups is 1. The fraction of sp³-hybridized carbons (Fsp3) is 0.364. The van der Waals surface area contributed by atoms with Crippen LogP contribution in [0.2, 0.25) is 5.02 Å². The monoisotopic (exact) mass is 294 g/mol. The van der Waals surface area contributed by atoms with Crippen molar-refractivity contribution in [3.05, 3.63) is 29.0 Å². The topological polar surface area (TPSA) is 71.4 Å². The minimum absolute atomic E-state index is 0.0516. The SMILES string of the molecule is O=C(O)CCCCS(=O)(=O)c1ccc(F)c(Cl)c1. The maximum absolute atomic E-state index is 12.9. The van der Waals surface area contributed by atoms with Gasteiger partial charge in [0.15, 0.2) is 9.84 Å². The van der Waals surface area contributed by atoms with Crippen LogP contribution < -0.4 is 0 Å². The molecule has 1 N–H and O–H groups in total. The molecule has 0 unspecified atom stereocenters. The van der Waals surface area contributed by atoms with Gasteiger partial charge in [-0.25, -0.2) is 12.8 Å². The number of carboxylic acid groups (broad SMARTS) is 1. The first-order chi connectivity index (χ1) is 8.33. The number of hydrogen-bond acceptors (Lipinski definition) is 3. The molecule has 0 aliphatic carbocycles. The Hall–Kier alpha value is -1.14. The Kier molecular flexibility index (Phi) is 5.10. The van der Waals surface area contributed by atoms with Crippen LogP contribution in [-0.4, -0.2) is 25.2 Å². The van der Waals surface area contributed by atoms with Crippen LogP contribution in [0, 0.1) is 5.82 Å². The highest BCUT2D eigenvalue weighted by atomic mass is 35.5. The zero-order valence-electron chi connectivity index (χ0n) is 9.40. The van der Waals surface area contributed by atoms with Crippen LogP contribution in [0.15, 0.2) is 23.1 Å². The lowest BCUT2D eigenvalue weighted by Gasteiger charge is -2.04. The van der Waals surface area contributed by atoms with Crippen LogP contribution in [0.25, 0.3) is 0 Å². The van der Waals surface area contributed by atoms with Crippen LogP contribution in [0.3, 0.4) is 0 Å². The average molecular weight is 295 g/mol. The molecule has 0 aromatic heterocycles. The molecule has 18 heavy (non-hydrogen) atoms. The molecular weight excluding hydrogens is 283 g/mol. The summed E-state index contributed by atoms with van der Waals surface area (Å²) in [6.45, 7) is 0. The quantitative estimate of drug-likeness (QED) is 0.646. The third-order valence-corrected chi connectivity index (χ3v) is 4.39. The largest absolute Gasteiger partial charge is 0.481 e. The molecular formula is C11H12ClFO4S. The van der Waals surface area contributed by atoms with Gasteiger partial charge in [0.2, 0.25) is 0 Å². The fourth-order valence-electron chi connectivity index (χ4n) is 1.36. The summed E-state index contributed by atoms with van der Waals surface area (Å²) in [4.78, 5) is 10.2. The van der Waals surface area contributed by atoms with Gasteiger partial charge < -0.3 is 5.11 Å². The van der Waals surface area contributed by atoms with Crippen molar-refractivity contribution in [1.82, 2.24) is 0 Å². The molecule has 100 valence electrons. The third kappa shape index (κ3) is 4.27. The van der Waals surface area contributed by atoms with Gasteiger partial charge in [-0.05, 0) is 31.0 Å². The Morgan fingerprint density at radius 2 is 2.00 bits per heavy atom. The summed E-state index contributed by atoms with van der Waals surface area (Å²) in [5, 5.41) is 8.17. The molecule has 0 atom stereocenters. The number of rotatable bonds is 6. The standard InChI is InChI=1S/C11H12ClFO4S/c12-9-7-8(4-5-10(9)13)18(16,17)6-2-1-3-11(14)15/h4-5,7H,1-3,6H2,(H,14,15). The summed E-state index contributed by atoms with van der Waals surface area (Å²) in [7, 11) is -3.54. The van der Waals surface area contributed by atoms with Crippen molar-refractivity contribution in [1.29, 1.82) is 0 Å². The van der Waals surface area contributed by atoms with Gasteiger partial charge in [-0.1, -0.05) is 11.6 Å². The Labute approximate surface area is 109 Å². The molecule has 0 fully saturated rings. The van der Waals surface area contributed by atoms with E-state index in [1.165, 1.54) is 0 Å². The molecule has 1 aromatic rings. The van der Waals surface area contributed by atoms with E-state index in [2.05, 4.69) is 0 Å². The molecule has 0 saturated carbocycles. The van der Waals surface area contributed by atoms with Crippen molar-refractivity contribution < 1.29 is 22.7 Å². The number of aliphatic carboxylic acids is 1. The second-order valence-corrected chi connectivity index (χ2v) is 6.26. The highest BCUT2D eigenvalue weighted by Crippen LogP contribution is 2.21. The van der Waals surface area contributed by atoms with Crippen molar-refractivity contribution >= 4 is 27.4 Å². The fourth-order valence-corrected chi connectivity index (χ4v) is 2.99. The Balaban J connectivity index is 2.68. The smallest absolute Gasteiger partial charge is 0.303 e. The molecule has 0 bridgehead atoms. The number of carboxylic acids is 1. The van der Waals surface area contributed by atoms with Crippen LogP contribution in [0.1, 0.15) is 19.3 Å². The average Bonchev–Trinajstić information content (AvgIpc) is 2.28. The first kappa shape index (κ1) is 14.9. The van der Waals surface area contributed by atoms with Crippen LogP contribution >= 0.6 is 11.6 Å². The number of hydrogen-bond donors (Lipinski definition) is 1. The molecule has 0 radical (unpaired) electrons. The Morgan fingerprint density at radius 1 is 1.33 bits per heavy atom. The molecule has 1 aromatic carbocycles. The summed E-state index contributed by atoms with van der Waals surface area (Å²) in [6.07, 6.45) is 0.451. The molecule has 7 heteroatoms. The lowest BCUT2D eigenvalue weighted by atomic mass is 10.2. The van der Waals surface area contributed by atoms with E-state index >= 15 is 0 Å².